The molecule has 1 aromatic rings. The standard InChI is InChI=1S/C22H35BN2O4/c1-15(2)11-19(23(28)29)13-21(26)20(12-16(3)4)24-22(27)25-10-9-17-7-5-6-8-18(17)14-25/h5-8,15-16,19-20,28-29H,9-14H2,1-4H3,(H,24,27)/t19-,20+/m1/s1. The molecule has 29 heavy (non-hydrogen) atoms. The maximum Gasteiger partial charge on any atom is 0.455 e. The van der Waals surface area contributed by atoms with Gasteiger partial charge in [-0.25, -0.2) is 4.79 Å². The number of amides is 2. The number of urea groups is 1. The van der Waals surface area contributed by atoms with Crippen LogP contribution in [0.5, 0.6) is 0 Å². The van der Waals surface area contributed by atoms with E-state index in [4.69, 9.17) is 0 Å². The summed E-state index contributed by atoms with van der Waals surface area (Å²) in [5.41, 5.74) is 2.40. The molecule has 0 bridgehead atoms. The number of rotatable bonds is 9. The van der Waals surface area contributed by atoms with Crippen molar-refractivity contribution in [3.05, 3.63) is 35.4 Å². The SMILES string of the molecule is CC(C)C[C@H](CC(=O)[C@H](CC(C)C)NC(=O)N1CCc2ccccc2C1)B(O)O. The Bertz CT molecular complexity index is 693. The lowest BCUT2D eigenvalue weighted by Gasteiger charge is -2.31. The van der Waals surface area contributed by atoms with E-state index in [2.05, 4.69) is 11.4 Å². The van der Waals surface area contributed by atoms with Crippen LogP contribution in [0.3, 0.4) is 0 Å². The maximum atomic E-state index is 12.9. The van der Waals surface area contributed by atoms with Crippen molar-refractivity contribution in [1.82, 2.24) is 10.2 Å². The van der Waals surface area contributed by atoms with Crippen molar-refractivity contribution >= 4 is 18.9 Å². The third kappa shape index (κ3) is 7.16. The van der Waals surface area contributed by atoms with Crippen LogP contribution in [0.15, 0.2) is 24.3 Å². The molecule has 2 atom stereocenters. The van der Waals surface area contributed by atoms with Crippen LogP contribution in [-0.4, -0.2) is 46.5 Å². The molecule has 7 heteroatoms. The molecular weight excluding hydrogens is 367 g/mol. The van der Waals surface area contributed by atoms with Gasteiger partial charge in [-0.15, -0.1) is 0 Å². The van der Waals surface area contributed by atoms with Crippen molar-refractivity contribution in [1.29, 1.82) is 0 Å². The van der Waals surface area contributed by atoms with Crippen molar-refractivity contribution in [2.75, 3.05) is 6.54 Å². The van der Waals surface area contributed by atoms with Crippen LogP contribution in [0.25, 0.3) is 0 Å². The predicted octanol–water partition coefficient (Wildman–Crippen LogP) is 3.02. The first-order valence-corrected chi connectivity index (χ1v) is 10.7. The molecule has 160 valence electrons. The summed E-state index contributed by atoms with van der Waals surface area (Å²) >= 11 is 0. The molecule has 0 saturated carbocycles. The number of hydrogen-bond acceptors (Lipinski definition) is 4. The van der Waals surface area contributed by atoms with E-state index < -0.39 is 19.0 Å². The van der Waals surface area contributed by atoms with Crippen LogP contribution >= 0.6 is 0 Å². The lowest BCUT2D eigenvalue weighted by Crippen LogP contribution is -2.50. The predicted molar refractivity (Wildman–Crippen MR) is 115 cm³/mol. The zero-order valence-electron chi connectivity index (χ0n) is 18.1. The Hall–Kier alpha value is -1.86. The third-order valence-corrected chi connectivity index (χ3v) is 5.47. The highest BCUT2D eigenvalue weighted by Crippen LogP contribution is 2.25. The molecule has 0 unspecified atom stereocenters. The molecule has 3 N–H and O–H groups in total. The molecule has 1 aliphatic rings. The molecule has 1 aliphatic heterocycles. The van der Waals surface area contributed by atoms with Gasteiger partial charge in [-0.05, 0) is 42.2 Å². The second kappa shape index (κ2) is 10.8. The minimum absolute atomic E-state index is 0.0519. The van der Waals surface area contributed by atoms with E-state index in [1.165, 1.54) is 5.56 Å². The fraction of sp³-hybridized carbons (Fsp3) is 0.636. The lowest BCUT2D eigenvalue weighted by atomic mass is 9.66. The Morgan fingerprint density at radius 2 is 1.69 bits per heavy atom. The number of carbonyl (C=O) groups excluding carboxylic acids is 2. The Labute approximate surface area is 174 Å². The first kappa shape index (κ1) is 23.4. The fourth-order valence-electron chi connectivity index (χ4n) is 3.97. The van der Waals surface area contributed by atoms with Crippen LogP contribution in [0.1, 0.15) is 58.1 Å². The molecule has 0 aliphatic carbocycles. The van der Waals surface area contributed by atoms with Crippen molar-refractivity contribution in [2.24, 2.45) is 11.8 Å². The third-order valence-electron chi connectivity index (χ3n) is 5.47. The molecule has 0 aromatic heterocycles. The highest BCUT2D eigenvalue weighted by Gasteiger charge is 2.32. The first-order valence-electron chi connectivity index (χ1n) is 10.7. The summed E-state index contributed by atoms with van der Waals surface area (Å²) in [5, 5.41) is 22.2. The van der Waals surface area contributed by atoms with Gasteiger partial charge in [0.15, 0.2) is 5.78 Å². The number of Topliss-reactive ketones (excluding diaryl/α,β-unsaturated/α-hetero) is 1. The molecule has 1 aromatic carbocycles. The summed E-state index contributed by atoms with van der Waals surface area (Å²) in [4.78, 5) is 27.5. The van der Waals surface area contributed by atoms with Gasteiger partial charge >= 0.3 is 13.1 Å². The summed E-state index contributed by atoms with van der Waals surface area (Å²) in [6.07, 6.45) is 1.94. The van der Waals surface area contributed by atoms with Gasteiger partial charge in [0.1, 0.15) is 0 Å². The fourth-order valence-corrected chi connectivity index (χ4v) is 3.97. The molecule has 2 rings (SSSR count). The van der Waals surface area contributed by atoms with Gasteiger partial charge in [0.25, 0.3) is 0 Å². The summed E-state index contributed by atoms with van der Waals surface area (Å²) in [7, 11) is -1.53. The minimum Gasteiger partial charge on any atom is -0.427 e. The Kier molecular flexibility index (Phi) is 8.71. The summed E-state index contributed by atoms with van der Waals surface area (Å²) < 4.78 is 0. The molecule has 2 amide bonds. The quantitative estimate of drug-likeness (QED) is 0.554. The molecule has 1 heterocycles. The zero-order valence-corrected chi connectivity index (χ0v) is 18.1. The number of ketones is 1. The number of nitrogens with one attached hydrogen (secondary N) is 1. The highest BCUT2D eigenvalue weighted by atomic mass is 16.4. The second-order valence-corrected chi connectivity index (χ2v) is 9.05. The monoisotopic (exact) mass is 402 g/mol. The van der Waals surface area contributed by atoms with Gasteiger partial charge in [0.05, 0.1) is 6.04 Å². The van der Waals surface area contributed by atoms with Gasteiger partial charge in [-0.2, -0.15) is 0 Å². The van der Waals surface area contributed by atoms with Crippen LogP contribution in [0, 0.1) is 11.8 Å². The first-order chi connectivity index (χ1) is 13.7. The van der Waals surface area contributed by atoms with E-state index in [1.54, 1.807) is 4.90 Å². The van der Waals surface area contributed by atoms with Crippen molar-refractivity contribution < 1.29 is 19.6 Å². The lowest BCUT2D eigenvalue weighted by molar-refractivity contribution is -0.121. The molecule has 0 radical (unpaired) electrons. The van der Waals surface area contributed by atoms with Crippen LogP contribution in [-0.2, 0) is 17.8 Å². The molecule has 0 spiro atoms. The van der Waals surface area contributed by atoms with Crippen LogP contribution in [0.4, 0.5) is 4.79 Å². The second-order valence-electron chi connectivity index (χ2n) is 9.05. The van der Waals surface area contributed by atoms with Gasteiger partial charge in [0, 0.05) is 25.3 Å². The maximum absolute atomic E-state index is 12.9. The average molecular weight is 402 g/mol. The molecule has 6 nitrogen and oxygen atoms in total. The Morgan fingerprint density at radius 3 is 2.28 bits per heavy atom. The average Bonchev–Trinajstić information content (AvgIpc) is 2.65. The Balaban J connectivity index is 2.03. The smallest absolute Gasteiger partial charge is 0.427 e. The van der Waals surface area contributed by atoms with E-state index in [0.717, 1.165) is 12.0 Å². The summed E-state index contributed by atoms with van der Waals surface area (Å²) in [5.74, 6) is -0.172. The van der Waals surface area contributed by atoms with E-state index in [1.807, 2.05) is 45.9 Å². The largest absolute Gasteiger partial charge is 0.455 e. The topological polar surface area (TPSA) is 89.9 Å². The number of carbonyl (C=O) groups is 2. The van der Waals surface area contributed by atoms with Crippen molar-refractivity contribution in [2.45, 2.75) is 71.8 Å². The zero-order chi connectivity index (χ0) is 21.6. The Morgan fingerprint density at radius 1 is 1.07 bits per heavy atom. The van der Waals surface area contributed by atoms with E-state index in [-0.39, 0.29) is 30.1 Å². The number of hydrogen-bond donors (Lipinski definition) is 3. The van der Waals surface area contributed by atoms with Gasteiger partial charge < -0.3 is 20.3 Å². The van der Waals surface area contributed by atoms with Crippen molar-refractivity contribution in [3.63, 3.8) is 0 Å². The van der Waals surface area contributed by atoms with Crippen LogP contribution < -0.4 is 5.32 Å². The van der Waals surface area contributed by atoms with Gasteiger partial charge in [0.2, 0.25) is 0 Å². The van der Waals surface area contributed by atoms with Crippen LogP contribution in [0.2, 0.25) is 5.82 Å². The van der Waals surface area contributed by atoms with Gasteiger partial charge in [-0.3, -0.25) is 4.79 Å². The van der Waals surface area contributed by atoms with E-state index in [9.17, 15) is 19.6 Å². The number of nitrogens with zero attached hydrogens (tertiary/aromatic N) is 1. The normalized spacial score (nSPS) is 15.8. The van der Waals surface area contributed by atoms with E-state index >= 15 is 0 Å². The van der Waals surface area contributed by atoms with Gasteiger partial charge in [-0.1, -0.05) is 52.0 Å². The number of fused-ring (bicyclic) bond motifs is 1. The molecule has 0 saturated heterocycles. The summed E-state index contributed by atoms with van der Waals surface area (Å²) in [6.45, 7) is 9.15. The van der Waals surface area contributed by atoms with Crippen molar-refractivity contribution in [3.8, 4) is 0 Å². The summed E-state index contributed by atoms with van der Waals surface area (Å²) in [6, 6.07) is 7.25. The minimum atomic E-state index is -1.53. The van der Waals surface area contributed by atoms with E-state index in [0.29, 0.717) is 25.9 Å². The highest BCUT2D eigenvalue weighted by molar-refractivity contribution is 6.43. The molecular formula is C22H35BN2O4. The number of benzene rings is 1. The molecule has 0 fully saturated rings.